The number of hydrogen-bond acceptors (Lipinski definition) is 2. The molecule has 1 nitrogen and oxygen atoms in total. The smallest absolute Gasteiger partial charge is 0.0641 e. The third-order valence-corrected chi connectivity index (χ3v) is 2.92. The van der Waals surface area contributed by atoms with Gasteiger partial charge in [0.1, 0.15) is 0 Å². The molecule has 0 spiro atoms. The molecule has 1 fully saturated rings. The van der Waals surface area contributed by atoms with Crippen LogP contribution in [0, 0.1) is 0 Å². The van der Waals surface area contributed by atoms with Crippen molar-refractivity contribution in [2.24, 2.45) is 0 Å². The highest BCUT2D eigenvalue weighted by Gasteiger charge is 2.21. The molecular weight excluding hydrogens is 132 g/mol. The molecule has 0 radical (unpaired) electrons. The van der Waals surface area contributed by atoms with Gasteiger partial charge < -0.3 is 5.11 Å². The van der Waals surface area contributed by atoms with Gasteiger partial charge in [-0.1, -0.05) is 6.08 Å². The molecule has 1 saturated heterocycles. The Morgan fingerprint density at radius 2 is 2.56 bits per heavy atom. The van der Waals surface area contributed by atoms with E-state index in [1.54, 1.807) is 0 Å². The second-order valence-corrected chi connectivity index (χ2v) is 3.70. The average molecular weight is 144 g/mol. The highest BCUT2D eigenvalue weighted by atomic mass is 32.2. The fraction of sp³-hybridized carbons (Fsp3) is 0.714. The van der Waals surface area contributed by atoms with Gasteiger partial charge in [-0.3, -0.25) is 0 Å². The van der Waals surface area contributed by atoms with Crippen molar-refractivity contribution in [1.82, 2.24) is 0 Å². The maximum absolute atomic E-state index is 9.07. The fourth-order valence-electron chi connectivity index (χ4n) is 1.04. The molecule has 9 heavy (non-hydrogen) atoms. The zero-order valence-corrected chi connectivity index (χ0v) is 6.23. The first-order chi connectivity index (χ1) is 4.33. The normalized spacial score (nSPS) is 34.8. The van der Waals surface area contributed by atoms with Gasteiger partial charge in [0.25, 0.3) is 0 Å². The van der Waals surface area contributed by atoms with Crippen molar-refractivity contribution in [1.29, 1.82) is 0 Å². The number of aliphatic hydroxyl groups excluding tert-OH is 1. The molecule has 1 N–H and O–H groups in total. The Morgan fingerprint density at radius 1 is 1.78 bits per heavy atom. The van der Waals surface area contributed by atoms with Gasteiger partial charge in [-0.2, -0.15) is 11.8 Å². The van der Waals surface area contributed by atoms with Crippen LogP contribution in [0.2, 0.25) is 0 Å². The van der Waals surface area contributed by atoms with E-state index in [1.165, 1.54) is 0 Å². The molecule has 52 valence electrons. The molecule has 2 unspecified atom stereocenters. The Labute approximate surface area is 60.2 Å². The molecule has 0 bridgehead atoms. The first-order valence-corrected chi connectivity index (χ1v) is 4.28. The molecule has 1 rings (SSSR count). The standard InChI is InChI=1S/C7H12OS/c1-2-3-7-4-6(8)5-9-7/h2,6-8H,1,3-5H2. The lowest BCUT2D eigenvalue weighted by atomic mass is 10.2. The number of aliphatic hydroxyl groups is 1. The summed E-state index contributed by atoms with van der Waals surface area (Å²) in [6.07, 6.45) is 3.87. The van der Waals surface area contributed by atoms with Gasteiger partial charge in [0, 0.05) is 11.0 Å². The first kappa shape index (κ1) is 7.16. The Balaban J connectivity index is 2.21. The maximum atomic E-state index is 9.07. The predicted molar refractivity (Wildman–Crippen MR) is 41.7 cm³/mol. The largest absolute Gasteiger partial charge is 0.392 e. The summed E-state index contributed by atoms with van der Waals surface area (Å²) < 4.78 is 0. The lowest BCUT2D eigenvalue weighted by Gasteiger charge is -2.01. The van der Waals surface area contributed by atoms with Gasteiger partial charge in [0.05, 0.1) is 6.10 Å². The molecule has 1 heterocycles. The predicted octanol–water partition coefficient (Wildman–Crippen LogP) is 1.43. The van der Waals surface area contributed by atoms with E-state index in [2.05, 4.69) is 6.58 Å². The van der Waals surface area contributed by atoms with Gasteiger partial charge in [-0.05, 0) is 12.8 Å². The van der Waals surface area contributed by atoms with Gasteiger partial charge in [0.15, 0.2) is 0 Å². The van der Waals surface area contributed by atoms with E-state index in [4.69, 9.17) is 5.11 Å². The number of allylic oxidation sites excluding steroid dienone is 1. The van der Waals surface area contributed by atoms with Crippen molar-refractivity contribution in [3.8, 4) is 0 Å². The van der Waals surface area contributed by atoms with Crippen LogP contribution in [0.4, 0.5) is 0 Å². The van der Waals surface area contributed by atoms with Gasteiger partial charge in [0.2, 0.25) is 0 Å². The van der Waals surface area contributed by atoms with E-state index in [0.717, 1.165) is 18.6 Å². The van der Waals surface area contributed by atoms with Crippen LogP contribution >= 0.6 is 11.8 Å². The highest BCUT2D eigenvalue weighted by Crippen LogP contribution is 2.28. The zero-order valence-electron chi connectivity index (χ0n) is 5.42. The maximum Gasteiger partial charge on any atom is 0.0641 e. The minimum atomic E-state index is -0.0556. The zero-order chi connectivity index (χ0) is 6.69. The average Bonchev–Trinajstić information content (AvgIpc) is 2.17. The summed E-state index contributed by atoms with van der Waals surface area (Å²) in [6, 6.07) is 0. The molecule has 0 aromatic heterocycles. The van der Waals surface area contributed by atoms with E-state index < -0.39 is 0 Å². The lowest BCUT2D eigenvalue weighted by molar-refractivity contribution is 0.196. The minimum absolute atomic E-state index is 0.0556. The Hall–Kier alpha value is 0.0500. The minimum Gasteiger partial charge on any atom is -0.392 e. The van der Waals surface area contributed by atoms with Crippen LogP contribution < -0.4 is 0 Å². The molecule has 0 aromatic carbocycles. The molecule has 0 aromatic rings. The van der Waals surface area contributed by atoms with Gasteiger partial charge in [-0.25, -0.2) is 0 Å². The molecule has 2 heteroatoms. The first-order valence-electron chi connectivity index (χ1n) is 3.23. The third-order valence-electron chi connectivity index (χ3n) is 1.49. The van der Waals surface area contributed by atoms with Crippen molar-refractivity contribution in [3.63, 3.8) is 0 Å². The second kappa shape index (κ2) is 3.28. The lowest BCUT2D eigenvalue weighted by Crippen LogP contribution is -2.04. The molecule has 1 aliphatic rings. The van der Waals surface area contributed by atoms with Crippen LogP contribution in [0.5, 0.6) is 0 Å². The number of hydrogen-bond donors (Lipinski definition) is 1. The van der Waals surface area contributed by atoms with E-state index in [1.807, 2.05) is 17.8 Å². The summed E-state index contributed by atoms with van der Waals surface area (Å²) in [5.74, 6) is 0.915. The quantitative estimate of drug-likeness (QED) is 0.592. The summed E-state index contributed by atoms with van der Waals surface area (Å²) in [5, 5.41) is 9.71. The van der Waals surface area contributed by atoms with E-state index in [0.29, 0.717) is 5.25 Å². The van der Waals surface area contributed by atoms with Crippen molar-refractivity contribution in [3.05, 3.63) is 12.7 Å². The van der Waals surface area contributed by atoms with Crippen LogP contribution in [0.25, 0.3) is 0 Å². The summed E-state index contributed by atoms with van der Waals surface area (Å²) in [6.45, 7) is 3.65. The van der Waals surface area contributed by atoms with Crippen LogP contribution in [0.1, 0.15) is 12.8 Å². The van der Waals surface area contributed by atoms with Crippen LogP contribution in [-0.4, -0.2) is 22.2 Å². The Bertz CT molecular complexity index is 103. The van der Waals surface area contributed by atoms with Crippen molar-refractivity contribution in [2.45, 2.75) is 24.2 Å². The molecule has 0 saturated carbocycles. The van der Waals surface area contributed by atoms with E-state index in [-0.39, 0.29) is 6.10 Å². The monoisotopic (exact) mass is 144 g/mol. The van der Waals surface area contributed by atoms with Gasteiger partial charge >= 0.3 is 0 Å². The van der Waals surface area contributed by atoms with Crippen molar-refractivity contribution < 1.29 is 5.11 Å². The van der Waals surface area contributed by atoms with E-state index >= 15 is 0 Å². The highest BCUT2D eigenvalue weighted by molar-refractivity contribution is 8.00. The van der Waals surface area contributed by atoms with E-state index in [9.17, 15) is 0 Å². The summed E-state index contributed by atoms with van der Waals surface area (Å²) in [5.41, 5.74) is 0. The Kier molecular flexibility index (Phi) is 2.61. The summed E-state index contributed by atoms with van der Waals surface area (Å²) in [4.78, 5) is 0. The van der Waals surface area contributed by atoms with Crippen molar-refractivity contribution >= 4 is 11.8 Å². The topological polar surface area (TPSA) is 20.2 Å². The molecule has 1 aliphatic heterocycles. The van der Waals surface area contributed by atoms with Crippen molar-refractivity contribution in [2.75, 3.05) is 5.75 Å². The SMILES string of the molecule is C=CCC1CC(O)CS1. The van der Waals surface area contributed by atoms with Crippen LogP contribution in [-0.2, 0) is 0 Å². The second-order valence-electron chi connectivity index (χ2n) is 2.37. The Morgan fingerprint density at radius 3 is 3.00 bits per heavy atom. The van der Waals surface area contributed by atoms with Crippen LogP contribution in [0.15, 0.2) is 12.7 Å². The molecular formula is C7H12OS. The van der Waals surface area contributed by atoms with Gasteiger partial charge in [-0.15, -0.1) is 6.58 Å². The number of thioether (sulfide) groups is 1. The molecule has 2 atom stereocenters. The molecule has 0 aliphatic carbocycles. The summed E-state index contributed by atoms with van der Waals surface area (Å²) in [7, 11) is 0. The summed E-state index contributed by atoms with van der Waals surface area (Å²) >= 11 is 1.85. The fourth-order valence-corrected chi connectivity index (χ4v) is 2.30. The number of rotatable bonds is 2. The molecule has 0 amide bonds. The third kappa shape index (κ3) is 2.03. The van der Waals surface area contributed by atoms with Crippen LogP contribution in [0.3, 0.4) is 0 Å².